The summed E-state index contributed by atoms with van der Waals surface area (Å²) in [4.78, 5) is 2.38. The highest BCUT2D eigenvalue weighted by molar-refractivity contribution is 6.07. The van der Waals surface area contributed by atoms with E-state index in [-0.39, 0.29) is 0 Å². The van der Waals surface area contributed by atoms with Gasteiger partial charge in [0.25, 0.3) is 0 Å². The van der Waals surface area contributed by atoms with E-state index in [4.69, 9.17) is 4.42 Å². The standard InChI is InChI=1S/C58H39NO/c1-2-12-40(13-3-1)41-24-26-42(27-25-41)43-28-33-49(34-29-43)59(56-22-8-6-19-53(56)48-32-37-58-55(39-48)54-20-7-9-23-57(54)60-58)50-35-30-44(31-36-50)46-16-10-17-47(38-46)52-21-11-15-45-14-4-5-18-51(45)52/h1-39H. The van der Waals surface area contributed by atoms with Crippen LogP contribution in [0.25, 0.3) is 88.3 Å². The molecular weight excluding hydrogens is 727 g/mol. The molecule has 0 spiro atoms. The monoisotopic (exact) mass is 765 g/mol. The Kier molecular flexibility index (Phi) is 8.87. The molecule has 0 aliphatic carbocycles. The summed E-state index contributed by atoms with van der Waals surface area (Å²) in [5, 5.41) is 4.74. The van der Waals surface area contributed by atoms with Crippen LogP contribution in [0.5, 0.6) is 0 Å². The van der Waals surface area contributed by atoms with Gasteiger partial charge < -0.3 is 9.32 Å². The highest BCUT2D eigenvalue weighted by Gasteiger charge is 2.19. The second-order valence-corrected chi connectivity index (χ2v) is 15.3. The third-order valence-electron chi connectivity index (χ3n) is 11.7. The maximum Gasteiger partial charge on any atom is 0.135 e. The van der Waals surface area contributed by atoms with Crippen LogP contribution >= 0.6 is 0 Å². The Morgan fingerprint density at radius 1 is 0.267 bits per heavy atom. The molecule has 0 aliphatic heterocycles. The van der Waals surface area contributed by atoms with Crippen molar-refractivity contribution in [2.45, 2.75) is 0 Å². The fourth-order valence-electron chi connectivity index (χ4n) is 8.67. The Morgan fingerprint density at radius 2 is 0.733 bits per heavy atom. The maximum absolute atomic E-state index is 6.22. The summed E-state index contributed by atoms with van der Waals surface area (Å²) in [6, 6.07) is 84.9. The molecule has 60 heavy (non-hydrogen) atoms. The first-order valence-electron chi connectivity index (χ1n) is 20.5. The van der Waals surface area contributed by atoms with Crippen LogP contribution < -0.4 is 4.90 Å². The van der Waals surface area contributed by atoms with Crippen molar-refractivity contribution in [2.24, 2.45) is 0 Å². The van der Waals surface area contributed by atoms with Gasteiger partial charge in [0, 0.05) is 27.7 Å². The Hall–Kier alpha value is -7.94. The van der Waals surface area contributed by atoms with Crippen LogP contribution in [-0.2, 0) is 0 Å². The number of para-hydroxylation sites is 2. The predicted molar refractivity (Wildman–Crippen MR) is 253 cm³/mol. The third-order valence-corrected chi connectivity index (χ3v) is 11.7. The molecule has 11 rings (SSSR count). The fourth-order valence-corrected chi connectivity index (χ4v) is 8.67. The molecule has 0 aliphatic rings. The predicted octanol–water partition coefficient (Wildman–Crippen LogP) is 16.5. The number of nitrogens with zero attached hydrogens (tertiary/aromatic N) is 1. The molecule has 0 atom stereocenters. The highest BCUT2D eigenvalue weighted by atomic mass is 16.3. The van der Waals surface area contributed by atoms with Gasteiger partial charge in [0.2, 0.25) is 0 Å². The lowest BCUT2D eigenvalue weighted by Crippen LogP contribution is -2.11. The molecule has 1 aromatic heterocycles. The Bertz CT molecular complexity index is 3280. The molecule has 0 radical (unpaired) electrons. The molecule has 0 bridgehead atoms. The van der Waals surface area contributed by atoms with Gasteiger partial charge in [-0.05, 0) is 115 Å². The van der Waals surface area contributed by atoms with E-state index in [9.17, 15) is 0 Å². The summed E-state index contributed by atoms with van der Waals surface area (Å²) >= 11 is 0. The molecule has 0 saturated carbocycles. The smallest absolute Gasteiger partial charge is 0.135 e. The molecular formula is C58H39NO. The molecule has 10 aromatic carbocycles. The molecule has 0 fully saturated rings. The van der Waals surface area contributed by atoms with Gasteiger partial charge in [0.05, 0.1) is 5.69 Å². The van der Waals surface area contributed by atoms with Crippen LogP contribution in [0.2, 0.25) is 0 Å². The van der Waals surface area contributed by atoms with Crippen LogP contribution in [0.3, 0.4) is 0 Å². The fraction of sp³-hybridized carbons (Fsp3) is 0. The van der Waals surface area contributed by atoms with Crippen molar-refractivity contribution in [3.63, 3.8) is 0 Å². The molecule has 2 heteroatoms. The van der Waals surface area contributed by atoms with Crippen LogP contribution in [0, 0.1) is 0 Å². The van der Waals surface area contributed by atoms with Crippen LogP contribution in [-0.4, -0.2) is 0 Å². The van der Waals surface area contributed by atoms with E-state index in [2.05, 4.69) is 229 Å². The molecule has 0 N–H and O–H groups in total. The molecule has 1 heterocycles. The van der Waals surface area contributed by atoms with Crippen molar-refractivity contribution < 1.29 is 4.42 Å². The number of furan rings is 1. The minimum absolute atomic E-state index is 0.891. The summed E-state index contributed by atoms with van der Waals surface area (Å²) in [5.41, 5.74) is 16.9. The number of fused-ring (bicyclic) bond motifs is 4. The van der Waals surface area contributed by atoms with E-state index in [0.29, 0.717) is 0 Å². The second kappa shape index (κ2) is 15.1. The average Bonchev–Trinajstić information content (AvgIpc) is 3.71. The van der Waals surface area contributed by atoms with Gasteiger partial charge in [-0.3, -0.25) is 0 Å². The van der Waals surface area contributed by atoms with Crippen molar-refractivity contribution in [3.8, 4) is 55.6 Å². The van der Waals surface area contributed by atoms with Gasteiger partial charge in [0.15, 0.2) is 0 Å². The van der Waals surface area contributed by atoms with E-state index >= 15 is 0 Å². The zero-order chi connectivity index (χ0) is 39.8. The number of hydrogen-bond donors (Lipinski definition) is 0. The van der Waals surface area contributed by atoms with Gasteiger partial charge in [0.1, 0.15) is 11.2 Å². The lowest BCUT2D eigenvalue weighted by atomic mass is 9.95. The third kappa shape index (κ3) is 6.51. The van der Waals surface area contributed by atoms with Crippen molar-refractivity contribution in [1.82, 2.24) is 0 Å². The number of anilines is 3. The van der Waals surface area contributed by atoms with E-state index in [1.165, 1.54) is 55.3 Å². The summed E-state index contributed by atoms with van der Waals surface area (Å²) in [6.07, 6.45) is 0. The van der Waals surface area contributed by atoms with Gasteiger partial charge in [-0.15, -0.1) is 0 Å². The highest BCUT2D eigenvalue weighted by Crippen LogP contribution is 2.43. The molecule has 282 valence electrons. The Balaban J connectivity index is 0.992. The maximum atomic E-state index is 6.22. The van der Waals surface area contributed by atoms with Crippen molar-refractivity contribution in [2.75, 3.05) is 4.90 Å². The van der Waals surface area contributed by atoms with Gasteiger partial charge in [-0.2, -0.15) is 0 Å². The zero-order valence-electron chi connectivity index (χ0n) is 32.9. The van der Waals surface area contributed by atoms with Crippen LogP contribution in [0.1, 0.15) is 0 Å². The quantitative estimate of drug-likeness (QED) is 0.153. The number of hydrogen-bond acceptors (Lipinski definition) is 2. The summed E-state index contributed by atoms with van der Waals surface area (Å²) in [5.74, 6) is 0. The Labute approximate surface area is 349 Å². The largest absolute Gasteiger partial charge is 0.456 e. The molecule has 0 saturated heterocycles. The summed E-state index contributed by atoms with van der Waals surface area (Å²) in [6.45, 7) is 0. The first kappa shape index (κ1) is 35.2. The average molecular weight is 766 g/mol. The van der Waals surface area contributed by atoms with Gasteiger partial charge >= 0.3 is 0 Å². The van der Waals surface area contributed by atoms with Gasteiger partial charge in [-0.1, -0.05) is 182 Å². The number of benzene rings is 10. The van der Waals surface area contributed by atoms with Crippen LogP contribution in [0.15, 0.2) is 241 Å². The SMILES string of the molecule is c1ccc(-c2ccc(-c3ccc(N(c4ccc(-c5cccc(-c6cccc7ccccc67)c5)cc4)c4ccccc4-c4ccc5oc6ccccc6c5c4)cc3)cc2)cc1. The lowest BCUT2D eigenvalue weighted by molar-refractivity contribution is 0.669. The topological polar surface area (TPSA) is 16.4 Å². The van der Waals surface area contributed by atoms with Crippen molar-refractivity contribution in [1.29, 1.82) is 0 Å². The molecule has 11 aromatic rings. The number of rotatable bonds is 8. The van der Waals surface area contributed by atoms with Crippen molar-refractivity contribution in [3.05, 3.63) is 237 Å². The zero-order valence-corrected chi connectivity index (χ0v) is 32.9. The molecule has 0 unspecified atom stereocenters. The second-order valence-electron chi connectivity index (χ2n) is 15.3. The van der Waals surface area contributed by atoms with Crippen LogP contribution in [0.4, 0.5) is 17.1 Å². The molecule has 0 amide bonds. The first-order chi connectivity index (χ1) is 29.7. The summed E-state index contributed by atoms with van der Waals surface area (Å²) < 4.78 is 6.22. The molecule has 2 nitrogen and oxygen atoms in total. The normalized spacial score (nSPS) is 11.3. The lowest BCUT2D eigenvalue weighted by Gasteiger charge is -2.28. The Morgan fingerprint density at radius 3 is 1.48 bits per heavy atom. The minimum atomic E-state index is 0.891. The minimum Gasteiger partial charge on any atom is -0.456 e. The first-order valence-corrected chi connectivity index (χ1v) is 20.5. The summed E-state index contributed by atoms with van der Waals surface area (Å²) in [7, 11) is 0. The van der Waals surface area contributed by atoms with E-state index in [1.807, 2.05) is 12.1 Å². The van der Waals surface area contributed by atoms with E-state index in [1.54, 1.807) is 0 Å². The van der Waals surface area contributed by atoms with E-state index in [0.717, 1.165) is 50.1 Å². The van der Waals surface area contributed by atoms with Gasteiger partial charge in [-0.25, -0.2) is 0 Å². The van der Waals surface area contributed by atoms with Crippen molar-refractivity contribution >= 4 is 49.8 Å². The van der Waals surface area contributed by atoms with E-state index < -0.39 is 0 Å².